The minimum Gasteiger partial charge on any atom is -0.304 e. The zero-order valence-electron chi connectivity index (χ0n) is 18.1. The van der Waals surface area contributed by atoms with E-state index < -0.39 is 0 Å². The summed E-state index contributed by atoms with van der Waals surface area (Å²) < 4.78 is 14.7. The van der Waals surface area contributed by atoms with Gasteiger partial charge in [0.25, 0.3) is 0 Å². The number of rotatable bonds is 5. The summed E-state index contributed by atoms with van der Waals surface area (Å²) in [5, 5.41) is 7.39. The van der Waals surface area contributed by atoms with Crippen LogP contribution in [0.5, 0.6) is 0 Å². The monoisotopic (exact) mass is 427 g/mol. The fourth-order valence-electron chi connectivity index (χ4n) is 4.45. The van der Waals surface area contributed by atoms with E-state index in [-0.39, 0.29) is 11.9 Å². The van der Waals surface area contributed by atoms with Gasteiger partial charge in [0.05, 0.1) is 17.9 Å². The fraction of sp³-hybridized carbons (Fsp3) is 0.231. The first-order valence-corrected chi connectivity index (χ1v) is 10.9. The van der Waals surface area contributed by atoms with Crippen molar-refractivity contribution in [3.8, 4) is 22.4 Å². The summed E-state index contributed by atoms with van der Waals surface area (Å²) in [4.78, 5) is 8.92. The Morgan fingerprint density at radius 1 is 0.875 bits per heavy atom. The Hall–Kier alpha value is -3.35. The maximum Gasteiger partial charge on any atom is 0.132 e. The molecule has 1 atom stereocenters. The SMILES string of the molecule is CN1CCN(C(c2ccc(-c3ccncc3)cc2)c2cn[nH]c2-c2ccccc2F)CC1. The van der Waals surface area contributed by atoms with Gasteiger partial charge in [-0.3, -0.25) is 15.0 Å². The van der Waals surface area contributed by atoms with Crippen molar-refractivity contribution in [1.82, 2.24) is 25.0 Å². The molecule has 4 aromatic rings. The number of piperazine rings is 1. The van der Waals surface area contributed by atoms with Crippen molar-refractivity contribution in [3.05, 3.63) is 96.2 Å². The molecule has 0 bridgehead atoms. The lowest BCUT2D eigenvalue weighted by Gasteiger charge is -2.38. The van der Waals surface area contributed by atoms with Crippen LogP contribution >= 0.6 is 0 Å². The molecule has 162 valence electrons. The van der Waals surface area contributed by atoms with Crippen LogP contribution in [0.4, 0.5) is 4.39 Å². The fourth-order valence-corrected chi connectivity index (χ4v) is 4.45. The number of benzene rings is 2. The highest BCUT2D eigenvalue weighted by molar-refractivity contribution is 5.66. The molecule has 0 radical (unpaired) electrons. The Bertz CT molecular complexity index is 1160. The Kier molecular flexibility index (Phi) is 5.79. The molecule has 5 nitrogen and oxygen atoms in total. The minimum absolute atomic E-state index is 0.0106. The third-order valence-corrected chi connectivity index (χ3v) is 6.25. The summed E-state index contributed by atoms with van der Waals surface area (Å²) in [5.74, 6) is -0.247. The lowest BCUT2D eigenvalue weighted by atomic mass is 9.93. The number of pyridine rings is 1. The second-order valence-corrected chi connectivity index (χ2v) is 8.28. The first-order chi connectivity index (χ1) is 15.7. The van der Waals surface area contributed by atoms with Crippen LogP contribution in [0.1, 0.15) is 17.2 Å². The van der Waals surface area contributed by atoms with E-state index in [1.54, 1.807) is 12.1 Å². The van der Waals surface area contributed by atoms with Crippen LogP contribution < -0.4 is 0 Å². The Labute approximate surface area is 187 Å². The second kappa shape index (κ2) is 9.02. The largest absolute Gasteiger partial charge is 0.304 e. The molecule has 1 saturated heterocycles. The first kappa shape index (κ1) is 20.5. The Balaban J connectivity index is 1.56. The third-order valence-electron chi connectivity index (χ3n) is 6.25. The van der Waals surface area contributed by atoms with Crippen LogP contribution in [0, 0.1) is 5.82 Å². The van der Waals surface area contributed by atoms with Gasteiger partial charge in [-0.05, 0) is 48.0 Å². The number of likely N-dealkylation sites (N-methyl/N-ethyl adjacent to an activating group) is 1. The highest BCUT2D eigenvalue weighted by atomic mass is 19.1. The zero-order chi connectivity index (χ0) is 21.9. The van der Waals surface area contributed by atoms with Crippen molar-refractivity contribution in [2.24, 2.45) is 0 Å². The minimum atomic E-state index is -0.247. The van der Waals surface area contributed by atoms with Crippen molar-refractivity contribution in [3.63, 3.8) is 0 Å². The van der Waals surface area contributed by atoms with Crippen LogP contribution in [0.3, 0.4) is 0 Å². The molecule has 32 heavy (non-hydrogen) atoms. The summed E-state index contributed by atoms with van der Waals surface area (Å²) in [6.07, 6.45) is 5.46. The van der Waals surface area contributed by atoms with E-state index in [1.807, 2.05) is 36.8 Å². The number of halogens is 1. The Morgan fingerprint density at radius 3 is 2.28 bits per heavy atom. The summed E-state index contributed by atoms with van der Waals surface area (Å²) in [5.41, 5.74) is 5.74. The molecule has 3 heterocycles. The molecule has 5 rings (SSSR count). The molecule has 2 aromatic heterocycles. The molecule has 1 fully saturated rings. The van der Waals surface area contributed by atoms with Gasteiger partial charge >= 0.3 is 0 Å². The van der Waals surface area contributed by atoms with Gasteiger partial charge in [0.15, 0.2) is 0 Å². The molecule has 6 heteroatoms. The van der Waals surface area contributed by atoms with E-state index in [4.69, 9.17) is 0 Å². The van der Waals surface area contributed by atoms with Crippen molar-refractivity contribution < 1.29 is 4.39 Å². The number of aromatic amines is 1. The number of aromatic nitrogens is 3. The van der Waals surface area contributed by atoms with E-state index in [0.717, 1.165) is 48.6 Å². The van der Waals surface area contributed by atoms with Gasteiger partial charge in [0.1, 0.15) is 5.82 Å². The smallest absolute Gasteiger partial charge is 0.132 e. The van der Waals surface area contributed by atoms with E-state index in [2.05, 4.69) is 56.3 Å². The number of hydrogen-bond donors (Lipinski definition) is 1. The van der Waals surface area contributed by atoms with Gasteiger partial charge in [-0.25, -0.2) is 4.39 Å². The van der Waals surface area contributed by atoms with Crippen LogP contribution in [-0.4, -0.2) is 58.2 Å². The molecule has 0 spiro atoms. The molecular weight excluding hydrogens is 401 g/mol. The number of nitrogens with one attached hydrogen (secondary N) is 1. The molecule has 1 aliphatic rings. The molecule has 2 aromatic carbocycles. The summed E-state index contributed by atoms with van der Waals surface area (Å²) in [6, 6.07) is 19.5. The molecule has 1 aliphatic heterocycles. The van der Waals surface area contributed by atoms with Crippen molar-refractivity contribution in [2.45, 2.75) is 6.04 Å². The average molecular weight is 428 g/mol. The highest BCUT2D eigenvalue weighted by Crippen LogP contribution is 2.36. The van der Waals surface area contributed by atoms with Gasteiger partial charge < -0.3 is 4.90 Å². The maximum atomic E-state index is 14.7. The summed E-state index contributed by atoms with van der Waals surface area (Å²) >= 11 is 0. The standard InChI is InChI=1S/C26H26FN5/c1-31-14-16-32(17-15-31)26(21-8-6-19(7-9-21)20-10-12-28-13-11-20)23-18-29-30-25(23)22-4-2-3-5-24(22)27/h2-13,18,26H,14-17H2,1H3,(H,29,30). The molecule has 0 amide bonds. The molecule has 0 saturated carbocycles. The van der Waals surface area contributed by atoms with E-state index in [1.165, 1.54) is 11.6 Å². The van der Waals surface area contributed by atoms with Crippen molar-refractivity contribution in [1.29, 1.82) is 0 Å². The van der Waals surface area contributed by atoms with Gasteiger partial charge in [-0.1, -0.05) is 36.4 Å². The predicted molar refractivity (Wildman–Crippen MR) is 125 cm³/mol. The highest BCUT2D eigenvalue weighted by Gasteiger charge is 2.29. The topological polar surface area (TPSA) is 48.1 Å². The maximum absolute atomic E-state index is 14.7. The molecule has 0 aliphatic carbocycles. The molecule has 1 N–H and O–H groups in total. The first-order valence-electron chi connectivity index (χ1n) is 10.9. The summed E-state index contributed by atoms with van der Waals surface area (Å²) in [6.45, 7) is 3.88. The van der Waals surface area contributed by atoms with Crippen molar-refractivity contribution >= 4 is 0 Å². The van der Waals surface area contributed by atoms with Crippen molar-refractivity contribution in [2.75, 3.05) is 33.2 Å². The lowest BCUT2D eigenvalue weighted by molar-refractivity contribution is 0.127. The van der Waals surface area contributed by atoms with Crippen LogP contribution in [0.25, 0.3) is 22.4 Å². The zero-order valence-corrected chi connectivity index (χ0v) is 18.1. The van der Waals surface area contributed by atoms with Crippen LogP contribution in [0.2, 0.25) is 0 Å². The number of hydrogen-bond acceptors (Lipinski definition) is 4. The van der Waals surface area contributed by atoms with Crippen LogP contribution in [-0.2, 0) is 0 Å². The number of H-pyrrole nitrogens is 1. The van der Waals surface area contributed by atoms with Gasteiger partial charge in [0.2, 0.25) is 0 Å². The number of nitrogens with zero attached hydrogens (tertiary/aromatic N) is 4. The normalized spacial score (nSPS) is 16.2. The lowest BCUT2D eigenvalue weighted by Crippen LogP contribution is -2.46. The third kappa shape index (κ3) is 4.07. The average Bonchev–Trinajstić information content (AvgIpc) is 3.31. The molecular formula is C26H26FN5. The van der Waals surface area contributed by atoms with Gasteiger partial charge in [-0.2, -0.15) is 5.10 Å². The second-order valence-electron chi connectivity index (χ2n) is 8.28. The van der Waals surface area contributed by atoms with Crippen LogP contribution in [0.15, 0.2) is 79.3 Å². The quantitative estimate of drug-likeness (QED) is 0.505. The predicted octanol–water partition coefficient (Wildman–Crippen LogP) is 4.61. The van der Waals surface area contributed by atoms with Gasteiger partial charge in [-0.15, -0.1) is 0 Å². The Morgan fingerprint density at radius 2 is 1.56 bits per heavy atom. The van der Waals surface area contributed by atoms with E-state index in [0.29, 0.717) is 5.56 Å². The molecule has 1 unspecified atom stereocenters. The summed E-state index contributed by atoms with van der Waals surface area (Å²) in [7, 11) is 2.15. The van der Waals surface area contributed by atoms with E-state index in [9.17, 15) is 4.39 Å². The van der Waals surface area contributed by atoms with Gasteiger partial charge in [0, 0.05) is 49.7 Å². The van der Waals surface area contributed by atoms with E-state index >= 15 is 0 Å².